The van der Waals surface area contributed by atoms with Crippen molar-refractivity contribution in [2.75, 3.05) is 13.1 Å². The van der Waals surface area contributed by atoms with Crippen molar-refractivity contribution >= 4 is 21.8 Å². The molecule has 2 rings (SSSR count). The predicted molar refractivity (Wildman–Crippen MR) is 72.0 cm³/mol. The van der Waals surface area contributed by atoms with Crippen LogP contribution in [0.25, 0.3) is 0 Å². The van der Waals surface area contributed by atoms with Gasteiger partial charge in [-0.25, -0.2) is 0 Å². The third kappa shape index (κ3) is 2.87. The maximum absolute atomic E-state index is 12.3. The first-order chi connectivity index (χ1) is 8.08. The molecule has 1 saturated heterocycles. The molecule has 1 amide bonds. The van der Waals surface area contributed by atoms with E-state index in [0.717, 1.165) is 35.0 Å². The number of nitrogens with zero attached hydrogens (tertiary/aromatic N) is 1. The molecule has 0 saturated carbocycles. The Morgan fingerprint density at radius 3 is 2.94 bits per heavy atom. The number of carbonyl (C=O) groups is 1. The maximum Gasteiger partial charge on any atom is 0.255 e. The first kappa shape index (κ1) is 12.6. The summed E-state index contributed by atoms with van der Waals surface area (Å²) in [6.45, 7) is 3.49. The van der Waals surface area contributed by atoms with Crippen LogP contribution in [0.3, 0.4) is 0 Å². The van der Waals surface area contributed by atoms with E-state index < -0.39 is 0 Å². The molecule has 0 bridgehead atoms. The monoisotopic (exact) mass is 296 g/mol. The Labute approximate surface area is 110 Å². The van der Waals surface area contributed by atoms with E-state index in [1.165, 1.54) is 0 Å². The van der Waals surface area contributed by atoms with Crippen molar-refractivity contribution in [1.82, 2.24) is 4.90 Å². The van der Waals surface area contributed by atoms with Gasteiger partial charge in [-0.05, 0) is 53.4 Å². The molecular formula is C13H17BrN2O. The number of benzene rings is 1. The minimum absolute atomic E-state index is 0.0759. The molecule has 4 heteroatoms. The molecular weight excluding hydrogens is 280 g/mol. The second-order valence-electron chi connectivity index (χ2n) is 4.64. The minimum Gasteiger partial charge on any atom is -0.337 e. The van der Waals surface area contributed by atoms with Crippen LogP contribution in [0.5, 0.6) is 0 Å². The van der Waals surface area contributed by atoms with Gasteiger partial charge in [-0.1, -0.05) is 6.07 Å². The summed E-state index contributed by atoms with van der Waals surface area (Å²) in [6.07, 6.45) is 2.01. The summed E-state index contributed by atoms with van der Waals surface area (Å²) in [5, 5.41) is 0. The summed E-state index contributed by atoms with van der Waals surface area (Å²) in [5.41, 5.74) is 7.77. The molecule has 1 aliphatic heterocycles. The van der Waals surface area contributed by atoms with Gasteiger partial charge in [-0.2, -0.15) is 0 Å². The van der Waals surface area contributed by atoms with Gasteiger partial charge in [-0.15, -0.1) is 0 Å². The molecule has 0 spiro atoms. The lowest BCUT2D eigenvalue weighted by Crippen LogP contribution is -2.45. The molecule has 1 atom stereocenters. The average molecular weight is 297 g/mol. The normalized spacial score (nSPS) is 20.4. The number of carbonyl (C=O) groups excluding carboxylic acids is 1. The molecule has 2 N–H and O–H groups in total. The number of aryl methyl sites for hydroxylation is 1. The van der Waals surface area contributed by atoms with E-state index in [1.807, 2.05) is 30.0 Å². The Morgan fingerprint density at radius 2 is 2.29 bits per heavy atom. The summed E-state index contributed by atoms with van der Waals surface area (Å²) >= 11 is 3.45. The third-order valence-corrected chi connectivity index (χ3v) is 3.76. The molecule has 0 radical (unpaired) electrons. The first-order valence-electron chi connectivity index (χ1n) is 5.89. The van der Waals surface area contributed by atoms with Crippen molar-refractivity contribution in [2.45, 2.75) is 25.8 Å². The quantitative estimate of drug-likeness (QED) is 0.864. The lowest BCUT2D eigenvalue weighted by molar-refractivity contribution is 0.0708. The molecule has 1 aliphatic rings. The third-order valence-electron chi connectivity index (χ3n) is 3.10. The van der Waals surface area contributed by atoms with Crippen LogP contribution in [0, 0.1) is 6.92 Å². The molecule has 17 heavy (non-hydrogen) atoms. The highest BCUT2D eigenvalue weighted by molar-refractivity contribution is 9.10. The van der Waals surface area contributed by atoms with E-state index in [2.05, 4.69) is 15.9 Å². The van der Waals surface area contributed by atoms with Crippen LogP contribution in [-0.4, -0.2) is 29.9 Å². The van der Waals surface area contributed by atoms with Gasteiger partial charge in [0.05, 0.1) is 5.56 Å². The van der Waals surface area contributed by atoms with Crippen LogP contribution in [0.4, 0.5) is 0 Å². The van der Waals surface area contributed by atoms with Gasteiger partial charge in [0.1, 0.15) is 0 Å². The Morgan fingerprint density at radius 1 is 1.53 bits per heavy atom. The molecule has 1 fully saturated rings. The average Bonchev–Trinajstić information content (AvgIpc) is 2.28. The lowest BCUT2D eigenvalue weighted by atomic mass is 10.0. The van der Waals surface area contributed by atoms with E-state index in [4.69, 9.17) is 5.73 Å². The number of likely N-dealkylation sites (tertiary alicyclic amines) is 1. The number of hydrogen-bond donors (Lipinski definition) is 1. The molecule has 1 aromatic carbocycles. The standard InChI is InChI=1S/C13H17BrN2O/c1-9-4-5-11(12(14)7-9)13(17)16-6-2-3-10(15)8-16/h4-5,7,10H,2-3,6,8,15H2,1H3. The molecule has 0 aliphatic carbocycles. The smallest absolute Gasteiger partial charge is 0.255 e. The van der Waals surface area contributed by atoms with E-state index in [9.17, 15) is 4.79 Å². The Bertz CT molecular complexity index is 433. The SMILES string of the molecule is Cc1ccc(C(=O)N2CCCC(N)C2)c(Br)c1. The molecule has 1 unspecified atom stereocenters. The molecule has 0 aromatic heterocycles. The van der Waals surface area contributed by atoms with Crippen LogP contribution in [0.1, 0.15) is 28.8 Å². The Kier molecular flexibility index (Phi) is 3.84. The van der Waals surface area contributed by atoms with E-state index in [0.29, 0.717) is 6.54 Å². The van der Waals surface area contributed by atoms with Gasteiger partial charge < -0.3 is 10.6 Å². The van der Waals surface area contributed by atoms with E-state index >= 15 is 0 Å². The Hall–Kier alpha value is -0.870. The summed E-state index contributed by atoms with van der Waals surface area (Å²) in [4.78, 5) is 14.2. The van der Waals surface area contributed by atoms with Gasteiger partial charge >= 0.3 is 0 Å². The van der Waals surface area contributed by atoms with Gasteiger partial charge in [0, 0.05) is 23.6 Å². The number of piperidine rings is 1. The molecule has 1 heterocycles. The predicted octanol–water partition coefficient (Wildman–Crippen LogP) is 2.32. The highest BCUT2D eigenvalue weighted by atomic mass is 79.9. The topological polar surface area (TPSA) is 46.3 Å². The van der Waals surface area contributed by atoms with Crippen molar-refractivity contribution in [1.29, 1.82) is 0 Å². The van der Waals surface area contributed by atoms with Crippen LogP contribution < -0.4 is 5.73 Å². The van der Waals surface area contributed by atoms with Crippen molar-refractivity contribution in [3.63, 3.8) is 0 Å². The van der Waals surface area contributed by atoms with Crippen molar-refractivity contribution in [3.05, 3.63) is 33.8 Å². The molecule has 1 aromatic rings. The zero-order valence-electron chi connectivity index (χ0n) is 9.95. The second-order valence-corrected chi connectivity index (χ2v) is 5.49. The highest BCUT2D eigenvalue weighted by Gasteiger charge is 2.23. The zero-order valence-corrected chi connectivity index (χ0v) is 11.5. The van der Waals surface area contributed by atoms with Gasteiger partial charge in [0.15, 0.2) is 0 Å². The van der Waals surface area contributed by atoms with Crippen molar-refractivity contribution < 1.29 is 4.79 Å². The molecule has 92 valence electrons. The van der Waals surface area contributed by atoms with Crippen molar-refractivity contribution in [2.24, 2.45) is 5.73 Å². The largest absolute Gasteiger partial charge is 0.337 e. The zero-order chi connectivity index (χ0) is 12.4. The fourth-order valence-corrected chi connectivity index (χ4v) is 2.82. The summed E-state index contributed by atoms with van der Waals surface area (Å²) in [5.74, 6) is 0.0759. The minimum atomic E-state index is 0.0759. The van der Waals surface area contributed by atoms with Gasteiger partial charge in [0.25, 0.3) is 5.91 Å². The van der Waals surface area contributed by atoms with Gasteiger partial charge in [0.2, 0.25) is 0 Å². The fourth-order valence-electron chi connectivity index (χ4n) is 2.16. The number of nitrogens with two attached hydrogens (primary N) is 1. The first-order valence-corrected chi connectivity index (χ1v) is 6.68. The number of amides is 1. The van der Waals surface area contributed by atoms with Crippen LogP contribution in [0.15, 0.2) is 22.7 Å². The highest BCUT2D eigenvalue weighted by Crippen LogP contribution is 2.21. The van der Waals surface area contributed by atoms with Crippen LogP contribution >= 0.6 is 15.9 Å². The lowest BCUT2D eigenvalue weighted by Gasteiger charge is -2.31. The molecule has 3 nitrogen and oxygen atoms in total. The van der Waals surface area contributed by atoms with Gasteiger partial charge in [-0.3, -0.25) is 4.79 Å². The second kappa shape index (κ2) is 5.19. The fraction of sp³-hybridized carbons (Fsp3) is 0.462. The van der Waals surface area contributed by atoms with Crippen LogP contribution in [0.2, 0.25) is 0 Å². The summed E-state index contributed by atoms with van der Waals surface area (Å²) in [7, 11) is 0. The van der Waals surface area contributed by atoms with Crippen LogP contribution in [-0.2, 0) is 0 Å². The van der Waals surface area contributed by atoms with E-state index in [-0.39, 0.29) is 11.9 Å². The summed E-state index contributed by atoms with van der Waals surface area (Å²) in [6, 6.07) is 5.93. The number of hydrogen-bond acceptors (Lipinski definition) is 2. The Balaban J connectivity index is 2.18. The maximum atomic E-state index is 12.3. The number of halogens is 1. The summed E-state index contributed by atoms with van der Waals surface area (Å²) < 4.78 is 0.863. The van der Waals surface area contributed by atoms with Crippen molar-refractivity contribution in [3.8, 4) is 0 Å². The van der Waals surface area contributed by atoms with E-state index in [1.54, 1.807) is 0 Å². The number of rotatable bonds is 1.